The fourth-order valence-corrected chi connectivity index (χ4v) is 4.25. The van der Waals surface area contributed by atoms with Crippen LogP contribution in [0.25, 0.3) is 0 Å². The van der Waals surface area contributed by atoms with Gasteiger partial charge in [-0.3, -0.25) is 0 Å². The van der Waals surface area contributed by atoms with Crippen molar-refractivity contribution in [3.05, 3.63) is 51.0 Å². The van der Waals surface area contributed by atoms with E-state index in [0.29, 0.717) is 22.2 Å². The molecule has 2 aromatic rings. The number of hydrogen-bond donors (Lipinski definition) is 1. The fourth-order valence-electron chi connectivity index (χ4n) is 2.75. The van der Waals surface area contributed by atoms with Crippen LogP contribution in [-0.4, -0.2) is 15.9 Å². The molecule has 0 unspecified atom stereocenters. The zero-order chi connectivity index (χ0) is 15.5. The van der Waals surface area contributed by atoms with E-state index in [0.717, 1.165) is 10.0 Å². The third-order valence-electron chi connectivity index (χ3n) is 3.68. The molecule has 2 aliphatic rings. The first kappa shape index (κ1) is 14.3. The highest BCUT2D eigenvalue weighted by molar-refractivity contribution is 9.10. The van der Waals surface area contributed by atoms with E-state index in [4.69, 9.17) is 22.1 Å². The Hall–Kier alpha value is -1.31. The average molecular weight is 401 g/mol. The Morgan fingerprint density at radius 3 is 2.91 bits per heavy atom. The van der Waals surface area contributed by atoms with Gasteiger partial charge in [-0.15, -0.1) is 0 Å². The van der Waals surface area contributed by atoms with Gasteiger partial charge in [0, 0.05) is 21.4 Å². The Balaban J connectivity index is 2.08. The van der Waals surface area contributed by atoms with Gasteiger partial charge in [0.15, 0.2) is 10.9 Å². The minimum absolute atomic E-state index is 0.0540. The summed E-state index contributed by atoms with van der Waals surface area (Å²) in [6.45, 7) is 0. The molecular weight excluding hydrogens is 393 g/mol. The van der Waals surface area contributed by atoms with Gasteiger partial charge in [-0.2, -0.15) is 4.39 Å². The smallest absolute Gasteiger partial charge is 0.257 e. The topological polar surface area (TPSA) is 60.5 Å². The van der Waals surface area contributed by atoms with Crippen molar-refractivity contribution in [1.29, 1.82) is 0 Å². The van der Waals surface area contributed by atoms with Crippen LogP contribution in [0.15, 0.2) is 33.7 Å². The molecule has 0 amide bonds. The SMILES string of the molecule is NC1=N[C@@]2(CS1)c1cc(Br)ccc1Oc1c2cc(Cl)nc1F. The Morgan fingerprint density at radius 1 is 1.36 bits per heavy atom. The van der Waals surface area contributed by atoms with E-state index < -0.39 is 11.5 Å². The lowest BCUT2D eigenvalue weighted by Crippen LogP contribution is -2.31. The molecule has 0 bridgehead atoms. The maximum Gasteiger partial charge on any atom is 0.257 e. The number of nitrogens with two attached hydrogens (primary N) is 1. The van der Waals surface area contributed by atoms with Crippen molar-refractivity contribution in [1.82, 2.24) is 4.98 Å². The number of aromatic nitrogens is 1. The highest BCUT2D eigenvalue weighted by Crippen LogP contribution is 2.54. The summed E-state index contributed by atoms with van der Waals surface area (Å²) in [6.07, 6.45) is 0. The lowest BCUT2D eigenvalue weighted by molar-refractivity contribution is 0.379. The standard InChI is InChI=1S/C14H8BrClFN3OS/c15-6-1-2-9-7(3-6)14(5-22-13(18)20-14)8-4-10(16)19-12(17)11(8)21-9/h1-4H,5H2,(H2,18,20)/t14-/m0/s1. The number of aliphatic imine (C=N–C) groups is 1. The molecule has 1 aromatic carbocycles. The van der Waals surface area contributed by atoms with E-state index in [1.807, 2.05) is 12.1 Å². The number of hydrogen-bond acceptors (Lipinski definition) is 5. The number of amidine groups is 1. The summed E-state index contributed by atoms with van der Waals surface area (Å²) in [5.41, 5.74) is 6.44. The molecule has 1 atom stereocenters. The molecular formula is C14H8BrClFN3OS. The van der Waals surface area contributed by atoms with Gasteiger partial charge in [0.05, 0.1) is 0 Å². The number of halogens is 3. The zero-order valence-corrected chi connectivity index (χ0v) is 14.1. The van der Waals surface area contributed by atoms with E-state index >= 15 is 0 Å². The number of thioether (sulfide) groups is 1. The first-order chi connectivity index (χ1) is 10.5. The number of fused-ring (bicyclic) bond motifs is 4. The van der Waals surface area contributed by atoms with E-state index in [-0.39, 0.29) is 10.9 Å². The molecule has 0 saturated heterocycles. The van der Waals surface area contributed by atoms with Gasteiger partial charge < -0.3 is 10.5 Å². The quantitative estimate of drug-likeness (QED) is 0.678. The highest BCUT2D eigenvalue weighted by Gasteiger charge is 2.47. The normalized spacial score (nSPS) is 22.0. The van der Waals surface area contributed by atoms with Crippen molar-refractivity contribution in [3.8, 4) is 11.5 Å². The molecule has 0 radical (unpaired) electrons. The Morgan fingerprint density at radius 2 is 2.18 bits per heavy atom. The van der Waals surface area contributed by atoms with Crippen LogP contribution in [0, 0.1) is 5.95 Å². The summed E-state index contributed by atoms with van der Waals surface area (Å²) in [6, 6.07) is 7.10. The largest absolute Gasteiger partial charge is 0.452 e. The van der Waals surface area contributed by atoms with Crippen LogP contribution in [0.2, 0.25) is 5.15 Å². The molecule has 0 fully saturated rings. The molecule has 4 nitrogen and oxygen atoms in total. The molecule has 22 heavy (non-hydrogen) atoms. The Bertz CT molecular complexity index is 847. The third-order valence-corrected chi connectivity index (χ3v) is 5.31. The summed E-state index contributed by atoms with van der Waals surface area (Å²) in [5.74, 6) is 0.399. The molecule has 2 N–H and O–H groups in total. The zero-order valence-electron chi connectivity index (χ0n) is 10.9. The Labute approximate surface area is 143 Å². The van der Waals surface area contributed by atoms with Crippen LogP contribution in [0.4, 0.5) is 4.39 Å². The van der Waals surface area contributed by atoms with E-state index in [1.165, 1.54) is 11.8 Å². The number of pyridine rings is 1. The van der Waals surface area contributed by atoms with Crippen LogP contribution in [-0.2, 0) is 5.54 Å². The lowest BCUT2D eigenvalue weighted by Gasteiger charge is -2.34. The number of rotatable bonds is 0. The predicted octanol–water partition coefficient (Wildman–Crippen LogP) is 4.05. The maximum absolute atomic E-state index is 14.2. The second-order valence-electron chi connectivity index (χ2n) is 4.95. The molecule has 0 aliphatic carbocycles. The first-order valence-corrected chi connectivity index (χ1v) is 8.48. The molecule has 1 aromatic heterocycles. The van der Waals surface area contributed by atoms with Gasteiger partial charge >= 0.3 is 0 Å². The Kier molecular flexibility index (Phi) is 3.15. The van der Waals surface area contributed by atoms with Gasteiger partial charge in [0.2, 0.25) is 0 Å². The predicted molar refractivity (Wildman–Crippen MR) is 88.3 cm³/mol. The molecule has 0 saturated carbocycles. The maximum atomic E-state index is 14.2. The van der Waals surface area contributed by atoms with Gasteiger partial charge in [0.1, 0.15) is 16.4 Å². The van der Waals surface area contributed by atoms with E-state index in [9.17, 15) is 4.39 Å². The number of nitrogens with zero attached hydrogens (tertiary/aromatic N) is 2. The summed E-state index contributed by atoms with van der Waals surface area (Å²) in [4.78, 5) is 8.22. The van der Waals surface area contributed by atoms with Crippen LogP contribution >= 0.6 is 39.3 Å². The van der Waals surface area contributed by atoms with E-state index in [2.05, 4.69) is 25.9 Å². The fraction of sp³-hybridized carbons (Fsp3) is 0.143. The molecule has 112 valence electrons. The van der Waals surface area contributed by atoms with Crippen molar-refractivity contribution in [2.24, 2.45) is 10.7 Å². The van der Waals surface area contributed by atoms with Crippen molar-refractivity contribution in [2.75, 3.05) is 5.75 Å². The minimum atomic E-state index is -0.811. The third kappa shape index (κ3) is 1.96. The summed E-state index contributed by atoms with van der Waals surface area (Å²) in [5, 5.41) is 0.510. The summed E-state index contributed by atoms with van der Waals surface area (Å²) >= 11 is 10.8. The van der Waals surface area contributed by atoms with Crippen molar-refractivity contribution >= 4 is 44.5 Å². The minimum Gasteiger partial charge on any atom is -0.452 e. The number of benzene rings is 1. The number of ether oxygens (including phenoxy) is 1. The van der Waals surface area contributed by atoms with E-state index in [1.54, 1.807) is 12.1 Å². The van der Waals surface area contributed by atoms with Crippen molar-refractivity contribution in [2.45, 2.75) is 5.54 Å². The monoisotopic (exact) mass is 399 g/mol. The van der Waals surface area contributed by atoms with Gasteiger partial charge in [-0.25, -0.2) is 9.98 Å². The average Bonchev–Trinajstić information content (AvgIpc) is 2.85. The van der Waals surface area contributed by atoms with Crippen LogP contribution in [0.3, 0.4) is 0 Å². The van der Waals surface area contributed by atoms with Crippen LogP contribution in [0.5, 0.6) is 11.5 Å². The van der Waals surface area contributed by atoms with Crippen molar-refractivity contribution < 1.29 is 9.13 Å². The molecule has 1 spiro atoms. The van der Waals surface area contributed by atoms with Gasteiger partial charge in [0.25, 0.3) is 5.95 Å². The highest BCUT2D eigenvalue weighted by atomic mass is 79.9. The second kappa shape index (κ2) is 4.84. The second-order valence-corrected chi connectivity index (χ2v) is 7.25. The molecule has 3 heterocycles. The lowest BCUT2D eigenvalue weighted by atomic mass is 9.82. The van der Waals surface area contributed by atoms with Gasteiger partial charge in [-0.1, -0.05) is 39.3 Å². The molecule has 8 heteroatoms. The molecule has 2 aliphatic heterocycles. The van der Waals surface area contributed by atoms with Crippen LogP contribution < -0.4 is 10.5 Å². The van der Waals surface area contributed by atoms with Gasteiger partial charge in [-0.05, 0) is 24.3 Å². The molecule has 4 rings (SSSR count). The van der Waals surface area contributed by atoms with Crippen LogP contribution in [0.1, 0.15) is 11.1 Å². The first-order valence-electron chi connectivity index (χ1n) is 6.32. The van der Waals surface area contributed by atoms with Crippen molar-refractivity contribution in [3.63, 3.8) is 0 Å². The summed E-state index contributed by atoms with van der Waals surface area (Å²) in [7, 11) is 0. The summed E-state index contributed by atoms with van der Waals surface area (Å²) < 4.78 is 20.8.